The topological polar surface area (TPSA) is 106 Å². The van der Waals surface area contributed by atoms with Gasteiger partial charge in [0.15, 0.2) is 22.1 Å². The smallest absolute Gasteiger partial charge is 0.419 e. The van der Waals surface area contributed by atoms with E-state index >= 15 is 0 Å². The van der Waals surface area contributed by atoms with Crippen molar-refractivity contribution in [2.75, 3.05) is 20.8 Å². The maximum atomic E-state index is 14.2. The molecule has 1 fully saturated rings. The van der Waals surface area contributed by atoms with Crippen LogP contribution in [0, 0.1) is 25.5 Å². The summed E-state index contributed by atoms with van der Waals surface area (Å²) in [5.41, 5.74) is -4.87. The first-order valence-electron chi connectivity index (χ1n) is 20.0. The number of aromatic amines is 1. The van der Waals surface area contributed by atoms with Crippen LogP contribution in [-0.2, 0) is 22.1 Å². The predicted molar refractivity (Wildman–Crippen MR) is 229 cm³/mol. The molecule has 4 aromatic carbocycles. The molecule has 344 valence electrons. The summed E-state index contributed by atoms with van der Waals surface area (Å²) >= 11 is 0. The van der Waals surface area contributed by atoms with Crippen LogP contribution in [0.5, 0.6) is 11.5 Å². The van der Waals surface area contributed by atoms with E-state index in [1.165, 1.54) is 82.2 Å². The zero-order valence-corrected chi connectivity index (χ0v) is 36.5. The Morgan fingerprint density at radius 1 is 0.734 bits per heavy atom. The number of nitrogens with one attached hydrogen (secondary N) is 1. The van der Waals surface area contributed by atoms with E-state index in [2.05, 4.69) is 9.72 Å². The molecular formula is C48H50F8N2O6. The molecule has 16 heteroatoms. The van der Waals surface area contributed by atoms with Crippen LogP contribution in [0.3, 0.4) is 0 Å². The van der Waals surface area contributed by atoms with Crippen molar-refractivity contribution >= 4 is 21.8 Å². The third kappa shape index (κ3) is 10.6. The summed E-state index contributed by atoms with van der Waals surface area (Å²) in [5, 5.41) is 12.0. The molecule has 7 rings (SSSR count). The first-order valence-corrected chi connectivity index (χ1v) is 20.0. The lowest BCUT2D eigenvalue weighted by Gasteiger charge is -2.39. The average Bonchev–Trinajstić information content (AvgIpc) is 4.02. The number of aryl methyl sites for hydroxylation is 2. The lowest BCUT2D eigenvalue weighted by atomic mass is 9.74. The molecule has 1 aliphatic rings. The Labute approximate surface area is 364 Å². The highest BCUT2D eigenvalue weighted by molar-refractivity contribution is 5.79. The number of rotatable bonds is 10. The summed E-state index contributed by atoms with van der Waals surface area (Å²) in [7, 11) is 2.75. The molecule has 3 heterocycles. The van der Waals surface area contributed by atoms with Crippen LogP contribution in [0.2, 0.25) is 0 Å². The number of aromatic nitrogens is 2. The van der Waals surface area contributed by atoms with Gasteiger partial charge in [-0.2, -0.15) is 26.3 Å². The van der Waals surface area contributed by atoms with E-state index in [1.54, 1.807) is 32.2 Å². The van der Waals surface area contributed by atoms with E-state index < -0.39 is 59.0 Å². The molecule has 0 radical (unpaired) electrons. The third-order valence-corrected chi connectivity index (χ3v) is 11.4. The molecule has 0 spiro atoms. The van der Waals surface area contributed by atoms with Gasteiger partial charge in [-0.15, -0.1) is 0 Å². The molecule has 2 unspecified atom stereocenters. The fourth-order valence-corrected chi connectivity index (χ4v) is 7.93. The van der Waals surface area contributed by atoms with E-state index in [1.807, 2.05) is 31.2 Å². The van der Waals surface area contributed by atoms with Crippen molar-refractivity contribution in [1.82, 2.24) is 9.55 Å². The second-order valence-corrected chi connectivity index (χ2v) is 17.3. The van der Waals surface area contributed by atoms with Gasteiger partial charge < -0.3 is 28.9 Å². The number of hydrogen-bond donors (Lipinski definition) is 2. The van der Waals surface area contributed by atoms with Crippen LogP contribution in [0.1, 0.15) is 62.8 Å². The van der Waals surface area contributed by atoms with Gasteiger partial charge in [-0.05, 0) is 98.2 Å². The van der Waals surface area contributed by atoms with Crippen molar-refractivity contribution in [3.63, 3.8) is 0 Å². The summed E-state index contributed by atoms with van der Waals surface area (Å²) in [5.74, 6) is -0.530. The molecule has 2 atom stereocenters. The second kappa shape index (κ2) is 18.4. The lowest BCUT2D eigenvalue weighted by Crippen LogP contribution is -2.52. The second-order valence-electron chi connectivity index (χ2n) is 17.3. The average molecular weight is 903 g/mol. The Bertz CT molecular complexity index is 2740. The molecule has 8 nitrogen and oxygen atoms in total. The summed E-state index contributed by atoms with van der Waals surface area (Å²) in [4.78, 5) is 27.0. The summed E-state index contributed by atoms with van der Waals surface area (Å²) in [6.45, 7) is 8.38. The zero-order chi connectivity index (χ0) is 47.6. The number of hydrogen-bond acceptors (Lipinski definition) is 6. The maximum absolute atomic E-state index is 14.2. The maximum Gasteiger partial charge on any atom is 0.419 e. The van der Waals surface area contributed by atoms with Crippen molar-refractivity contribution in [2.45, 2.75) is 95.3 Å². The van der Waals surface area contributed by atoms with E-state index in [0.717, 1.165) is 28.6 Å². The van der Waals surface area contributed by atoms with Crippen molar-refractivity contribution < 1.29 is 54.4 Å². The fraction of sp³-hybridized carbons (Fsp3) is 0.375. The number of alkyl halides is 6. The van der Waals surface area contributed by atoms with E-state index in [-0.39, 0.29) is 51.7 Å². The Balaban J connectivity index is 0.000000203. The van der Waals surface area contributed by atoms with Gasteiger partial charge in [0, 0.05) is 50.9 Å². The molecule has 0 amide bonds. The Kier molecular flexibility index (Phi) is 14.2. The minimum absolute atomic E-state index is 0.115. The molecule has 1 saturated heterocycles. The molecule has 0 bridgehead atoms. The van der Waals surface area contributed by atoms with Crippen molar-refractivity contribution in [3.05, 3.63) is 152 Å². The van der Waals surface area contributed by atoms with Crippen LogP contribution < -0.4 is 20.3 Å². The molecule has 6 aromatic rings. The third-order valence-electron chi connectivity index (χ3n) is 11.4. The van der Waals surface area contributed by atoms with Gasteiger partial charge in [0.2, 0.25) is 0 Å². The number of epoxide rings is 1. The quantitative estimate of drug-likeness (QED) is 0.105. The minimum Gasteiger partial charge on any atom is -0.496 e. The number of pyridine rings is 2. The van der Waals surface area contributed by atoms with E-state index in [4.69, 9.17) is 9.47 Å². The normalized spacial score (nSPS) is 16.3. The Morgan fingerprint density at radius 2 is 1.23 bits per heavy atom. The van der Waals surface area contributed by atoms with Crippen molar-refractivity contribution in [2.24, 2.45) is 0 Å². The van der Waals surface area contributed by atoms with Gasteiger partial charge in [0.1, 0.15) is 23.1 Å². The van der Waals surface area contributed by atoms with Gasteiger partial charge >= 0.3 is 12.4 Å². The first-order chi connectivity index (χ1) is 29.7. The van der Waals surface area contributed by atoms with E-state index in [0.29, 0.717) is 11.3 Å². The predicted octanol–water partition coefficient (Wildman–Crippen LogP) is 10.8. The highest BCUT2D eigenvalue weighted by atomic mass is 19.4. The summed E-state index contributed by atoms with van der Waals surface area (Å²) in [6, 6.07) is 21.3. The minimum atomic E-state index is -5.00. The molecule has 0 aliphatic carbocycles. The largest absolute Gasteiger partial charge is 0.496 e. The number of methoxy groups -OCH3 is 2. The molecular weight excluding hydrogens is 853 g/mol. The van der Waals surface area contributed by atoms with Crippen LogP contribution in [0.25, 0.3) is 21.8 Å². The number of ether oxygens (including phenoxy) is 3. The van der Waals surface area contributed by atoms with E-state index in [9.17, 15) is 49.8 Å². The fourth-order valence-electron chi connectivity index (χ4n) is 7.93. The highest BCUT2D eigenvalue weighted by Crippen LogP contribution is 2.52. The Hall–Kier alpha value is -5.74. The van der Waals surface area contributed by atoms with Gasteiger partial charge in [0.25, 0.3) is 0 Å². The van der Waals surface area contributed by atoms with Gasteiger partial charge in [-0.3, -0.25) is 9.59 Å². The van der Waals surface area contributed by atoms with Gasteiger partial charge in [0.05, 0.1) is 32.9 Å². The number of fused-ring (bicyclic) bond motifs is 2. The molecule has 1 aliphatic heterocycles. The molecule has 2 aromatic heterocycles. The molecule has 2 N–H and O–H groups in total. The van der Waals surface area contributed by atoms with Crippen molar-refractivity contribution in [3.8, 4) is 11.5 Å². The van der Waals surface area contributed by atoms with Crippen molar-refractivity contribution in [1.29, 1.82) is 0 Å². The number of para-hydroxylation sites is 2. The number of nitrogens with zero attached hydrogens (tertiary/aromatic N) is 1. The van der Waals surface area contributed by atoms with Crippen LogP contribution in [0.4, 0.5) is 35.1 Å². The SMILES string of the molecule is COc1ccc(F)cc1C(C)(C)CC(O)(Cn1cc(C)c(=O)c2ccccc21)C(F)(F)F.COc1ccc(F)cc1C(C)(C)CC1(C(F)(F)F)CO1.Cc1c[nH]c2ccccc2c1=O. The number of benzene rings is 4. The lowest BCUT2D eigenvalue weighted by molar-refractivity contribution is -0.271. The van der Waals surface area contributed by atoms with Crippen LogP contribution >= 0.6 is 0 Å². The molecule has 0 saturated carbocycles. The standard InChI is InChI=1S/C24H25F4NO3.C14H16F4O2.C10H9NO/c1-15-12-29(19-8-6-5-7-17(19)21(15)30)14-23(31,24(26,27)28)13-22(2,3)18-11-16(25)9-10-20(18)32-4;1-12(2,7-13(8-20-13)14(16,17)18)10-6-9(15)4-5-11(10)19-3;1-7-6-11-9-5-3-2-4-8(9)10(7)12/h5-12,31H,13-14H2,1-4H3;4-6H,7-8H2,1-3H3;2-6H,1H3,(H,11,12). The summed E-state index contributed by atoms with van der Waals surface area (Å²) in [6.07, 6.45) is -7.40. The number of aliphatic hydroxyl groups is 1. The monoisotopic (exact) mass is 902 g/mol. The Morgan fingerprint density at radius 3 is 1.75 bits per heavy atom. The number of halogens is 8. The molecule has 64 heavy (non-hydrogen) atoms. The van der Waals surface area contributed by atoms with Crippen LogP contribution in [0.15, 0.2) is 107 Å². The summed E-state index contributed by atoms with van der Waals surface area (Å²) < 4.78 is 125. The van der Waals surface area contributed by atoms with Gasteiger partial charge in [-0.25, -0.2) is 8.78 Å². The zero-order valence-electron chi connectivity index (χ0n) is 36.5. The van der Waals surface area contributed by atoms with Crippen LogP contribution in [-0.4, -0.2) is 59.0 Å². The first kappa shape index (κ1) is 49.3. The highest BCUT2D eigenvalue weighted by Gasteiger charge is 2.67. The van der Waals surface area contributed by atoms with Gasteiger partial charge in [-0.1, -0.05) is 52.0 Å². The number of H-pyrrole nitrogens is 1.